The Labute approximate surface area is 132 Å². The largest absolute Gasteiger partial charge is 0.352 e. The van der Waals surface area contributed by atoms with Crippen molar-refractivity contribution in [3.8, 4) is 0 Å². The van der Waals surface area contributed by atoms with Crippen LogP contribution in [0, 0.1) is 0 Å². The van der Waals surface area contributed by atoms with Crippen LogP contribution in [0.25, 0.3) is 0 Å². The summed E-state index contributed by atoms with van der Waals surface area (Å²) in [5.41, 5.74) is 0.00727. The van der Waals surface area contributed by atoms with E-state index in [4.69, 9.17) is 11.6 Å². The van der Waals surface area contributed by atoms with E-state index in [0.717, 1.165) is 11.1 Å². The fourth-order valence-corrected chi connectivity index (χ4v) is 3.80. The number of nitrogens with one attached hydrogen (secondary N) is 1. The number of amides is 1. The third kappa shape index (κ3) is 4.06. The molecule has 1 heterocycles. The SMILES string of the molecule is CS(=O)(=O)c1cccc(Cl)c1C(=O)NCCc1cccs1. The number of carbonyl (C=O) groups excluding carboxylic acids is 1. The first-order chi connectivity index (χ1) is 9.89. The number of thiophene rings is 1. The molecule has 2 rings (SSSR count). The molecule has 1 amide bonds. The third-order valence-corrected chi connectivity index (χ3v) is 5.23. The van der Waals surface area contributed by atoms with Gasteiger partial charge in [-0.15, -0.1) is 11.3 Å². The van der Waals surface area contributed by atoms with Gasteiger partial charge in [0.25, 0.3) is 5.91 Å². The predicted molar refractivity (Wildman–Crippen MR) is 84.9 cm³/mol. The highest BCUT2D eigenvalue weighted by molar-refractivity contribution is 7.90. The molecule has 1 aromatic heterocycles. The van der Waals surface area contributed by atoms with Gasteiger partial charge >= 0.3 is 0 Å². The standard InChI is InChI=1S/C14H14ClNO3S2/c1-21(18,19)12-6-2-5-11(15)13(12)14(17)16-8-7-10-4-3-9-20-10/h2-6,9H,7-8H2,1H3,(H,16,17). The second-order valence-electron chi connectivity index (χ2n) is 4.47. The zero-order valence-corrected chi connectivity index (χ0v) is 13.7. The Morgan fingerprint density at radius 3 is 2.67 bits per heavy atom. The molecule has 4 nitrogen and oxygen atoms in total. The van der Waals surface area contributed by atoms with E-state index < -0.39 is 15.7 Å². The average molecular weight is 344 g/mol. The van der Waals surface area contributed by atoms with Crippen molar-refractivity contribution in [2.75, 3.05) is 12.8 Å². The Morgan fingerprint density at radius 1 is 1.29 bits per heavy atom. The monoisotopic (exact) mass is 343 g/mol. The summed E-state index contributed by atoms with van der Waals surface area (Å²) in [5.74, 6) is -0.474. The van der Waals surface area contributed by atoms with Crippen LogP contribution in [0.15, 0.2) is 40.6 Å². The lowest BCUT2D eigenvalue weighted by atomic mass is 10.2. The smallest absolute Gasteiger partial charge is 0.254 e. The molecule has 0 aliphatic rings. The number of benzene rings is 1. The molecule has 2 aromatic rings. The van der Waals surface area contributed by atoms with Crippen LogP contribution >= 0.6 is 22.9 Å². The molecule has 0 saturated heterocycles. The number of carbonyl (C=O) groups is 1. The minimum absolute atomic E-state index is 0.00727. The second kappa shape index (κ2) is 6.60. The van der Waals surface area contributed by atoms with Gasteiger partial charge in [-0.3, -0.25) is 4.79 Å². The lowest BCUT2D eigenvalue weighted by Gasteiger charge is -2.10. The van der Waals surface area contributed by atoms with Crippen LogP contribution in [0.1, 0.15) is 15.2 Å². The van der Waals surface area contributed by atoms with Crippen molar-refractivity contribution in [3.05, 3.63) is 51.2 Å². The predicted octanol–water partition coefficient (Wildman–Crippen LogP) is 2.78. The van der Waals surface area contributed by atoms with Crippen molar-refractivity contribution in [1.82, 2.24) is 5.32 Å². The van der Waals surface area contributed by atoms with Gasteiger partial charge in [0.05, 0.1) is 15.5 Å². The maximum atomic E-state index is 12.2. The number of hydrogen-bond acceptors (Lipinski definition) is 4. The van der Waals surface area contributed by atoms with Crippen molar-refractivity contribution in [1.29, 1.82) is 0 Å². The van der Waals surface area contributed by atoms with E-state index in [1.54, 1.807) is 11.3 Å². The van der Waals surface area contributed by atoms with Gasteiger partial charge in [0.15, 0.2) is 9.84 Å². The van der Waals surface area contributed by atoms with E-state index in [0.29, 0.717) is 13.0 Å². The third-order valence-electron chi connectivity index (χ3n) is 2.84. The molecule has 0 aliphatic heterocycles. The van der Waals surface area contributed by atoms with Gasteiger partial charge in [0.2, 0.25) is 0 Å². The molecule has 0 aliphatic carbocycles. The lowest BCUT2D eigenvalue weighted by molar-refractivity contribution is 0.0951. The summed E-state index contributed by atoms with van der Waals surface area (Å²) in [6.07, 6.45) is 1.75. The number of halogens is 1. The molecule has 0 fully saturated rings. The highest BCUT2D eigenvalue weighted by Crippen LogP contribution is 2.23. The van der Waals surface area contributed by atoms with Gasteiger partial charge in [-0.2, -0.15) is 0 Å². The van der Waals surface area contributed by atoms with Crippen LogP contribution in [0.4, 0.5) is 0 Å². The van der Waals surface area contributed by atoms with Crippen molar-refractivity contribution in [3.63, 3.8) is 0 Å². The van der Waals surface area contributed by atoms with Crippen molar-refractivity contribution in [2.24, 2.45) is 0 Å². The van der Waals surface area contributed by atoms with E-state index in [-0.39, 0.29) is 15.5 Å². The van der Waals surface area contributed by atoms with Crippen molar-refractivity contribution in [2.45, 2.75) is 11.3 Å². The minimum Gasteiger partial charge on any atom is -0.352 e. The van der Waals surface area contributed by atoms with E-state index in [1.165, 1.54) is 18.2 Å². The maximum Gasteiger partial charge on any atom is 0.254 e. The molecular weight excluding hydrogens is 330 g/mol. The van der Waals surface area contributed by atoms with Gasteiger partial charge in [-0.25, -0.2) is 8.42 Å². The Kier molecular flexibility index (Phi) is 5.03. The molecule has 7 heteroatoms. The molecule has 112 valence electrons. The minimum atomic E-state index is -3.51. The maximum absolute atomic E-state index is 12.2. The van der Waals surface area contributed by atoms with E-state index >= 15 is 0 Å². The van der Waals surface area contributed by atoms with Gasteiger partial charge in [-0.05, 0) is 30.0 Å². The lowest BCUT2D eigenvalue weighted by Crippen LogP contribution is -2.27. The zero-order valence-electron chi connectivity index (χ0n) is 11.3. The van der Waals surface area contributed by atoms with Gasteiger partial charge < -0.3 is 5.32 Å². The highest BCUT2D eigenvalue weighted by Gasteiger charge is 2.21. The molecule has 0 spiro atoms. The normalized spacial score (nSPS) is 11.3. The number of hydrogen-bond donors (Lipinski definition) is 1. The van der Waals surface area contributed by atoms with E-state index in [9.17, 15) is 13.2 Å². The molecular formula is C14H14ClNO3S2. The summed E-state index contributed by atoms with van der Waals surface area (Å²) in [6.45, 7) is 0.424. The van der Waals surface area contributed by atoms with E-state index in [2.05, 4.69) is 5.32 Å². The van der Waals surface area contributed by atoms with Crippen molar-refractivity contribution < 1.29 is 13.2 Å². The van der Waals surface area contributed by atoms with Crippen LogP contribution in [0.5, 0.6) is 0 Å². The van der Waals surface area contributed by atoms with Gasteiger partial charge in [0, 0.05) is 17.7 Å². The first-order valence-corrected chi connectivity index (χ1v) is 9.33. The van der Waals surface area contributed by atoms with Crippen molar-refractivity contribution >= 4 is 38.7 Å². The van der Waals surface area contributed by atoms with E-state index in [1.807, 2.05) is 17.5 Å². The second-order valence-corrected chi connectivity index (χ2v) is 7.89. The first-order valence-electron chi connectivity index (χ1n) is 6.19. The topological polar surface area (TPSA) is 63.2 Å². The fraction of sp³-hybridized carbons (Fsp3) is 0.214. The van der Waals surface area contributed by atoms with Gasteiger partial charge in [0.1, 0.15) is 0 Å². The molecule has 0 saturated carbocycles. The molecule has 1 N–H and O–H groups in total. The molecule has 0 atom stereocenters. The van der Waals surface area contributed by atoms with Crippen LogP contribution in [-0.4, -0.2) is 27.1 Å². The molecule has 0 unspecified atom stereocenters. The van der Waals surface area contributed by atoms with Crippen LogP contribution < -0.4 is 5.32 Å². The summed E-state index contributed by atoms with van der Waals surface area (Å²) in [7, 11) is -3.51. The fourth-order valence-electron chi connectivity index (χ4n) is 1.88. The summed E-state index contributed by atoms with van der Waals surface area (Å²) in [5, 5.41) is 4.81. The van der Waals surface area contributed by atoms with Gasteiger partial charge in [-0.1, -0.05) is 23.7 Å². The first kappa shape index (κ1) is 16.0. The highest BCUT2D eigenvalue weighted by atomic mass is 35.5. The molecule has 0 bridgehead atoms. The molecule has 0 radical (unpaired) electrons. The van der Waals surface area contributed by atoms with Crippen LogP contribution in [-0.2, 0) is 16.3 Å². The number of rotatable bonds is 5. The molecule has 1 aromatic carbocycles. The Bertz CT molecular complexity index is 740. The molecule has 21 heavy (non-hydrogen) atoms. The quantitative estimate of drug-likeness (QED) is 0.908. The Morgan fingerprint density at radius 2 is 2.05 bits per heavy atom. The Balaban J connectivity index is 2.15. The summed E-state index contributed by atoms with van der Waals surface area (Å²) < 4.78 is 23.5. The summed E-state index contributed by atoms with van der Waals surface area (Å²) in [4.78, 5) is 13.3. The summed E-state index contributed by atoms with van der Waals surface area (Å²) in [6, 6.07) is 8.33. The zero-order chi connectivity index (χ0) is 15.5. The number of sulfone groups is 1. The summed E-state index contributed by atoms with van der Waals surface area (Å²) >= 11 is 7.59. The Hall–Kier alpha value is -1.37. The van der Waals surface area contributed by atoms with Crippen LogP contribution in [0.3, 0.4) is 0 Å². The average Bonchev–Trinajstić information content (AvgIpc) is 2.90. The van der Waals surface area contributed by atoms with Crippen LogP contribution in [0.2, 0.25) is 5.02 Å².